The SMILES string of the molecule is Cc1nnc(OCC(C)C)c(C(N)=S)c1C. The second-order valence-corrected chi connectivity index (χ2v) is 4.60. The van der Waals surface area contributed by atoms with Crippen molar-refractivity contribution in [3.63, 3.8) is 0 Å². The number of nitrogens with two attached hydrogens (primary N) is 1. The van der Waals surface area contributed by atoms with Crippen molar-refractivity contribution in [2.24, 2.45) is 11.7 Å². The molecule has 1 aromatic rings. The van der Waals surface area contributed by atoms with Crippen LogP contribution in [-0.4, -0.2) is 21.8 Å². The topological polar surface area (TPSA) is 61.0 Å². The third-order valence-electron chi connectivity index (χ3n) is 2.22. The highest BCUT2D eigenvalue weighted by molar-refractivity contribution is 7.80. The van der Waals surface area contributed by atoms with E-state index in [1.165, 1.54) is 0 Å². The third kappa shape index (κ3) is 2.88. The summed E-state index contributed by atoms with van der Waals surface area (Å²) < 4.78 is 5.55. The summed E-state index contributed by atoms with van der Waals surface area (Å²) in [5.74, 6) is 0.854. The van der Waals surface area contributed by atoms with Gasteiger partial charge in [0.1, 0.15) is 4.99 Å². The van der Waals surface area contributed by atoms with E-state index >= 15 is 0 Å². The van der Waals surface area contributed by atoms with Crippen LogP contribution in [0, 0.1) is 19.8 Å². The molecule has 0 aliphatic heterocycles. The van der Waals surface area contributed by atoms with Gasteiger partial charge >= 0.3 is 0 Å². The molecule has 2 N–H and O–H groups in total. The number of nitrogens with zero attached hydrogens (tertiary/aromatic N) is 2. The molecule has 0 bridgehead atoms. The van der Waals surface area contributed by atoms with Gasteiger partial charge in [0.05, 0.1) is 17.9 Å². The van der Waals surface area contributed by atoms with Crippen LogP contribution in [0.25, 0.3) is 0 Å². The number of rotatable bonds is 4. The maximum Gasteiger partial charge on any atom is 0.244 e. The number of aryl methyl sites for hydroxylation is 1. The van der Waals surface area contributed by atoms with Gasteiger partial charge in [-0.25, -0.2) is 0 Å². The predicted octanol–water partition coefficient (Wildman–Crippen LogP) is 1.76. The fraction of sp³-hybridized carbons (Fsp3) is 0.545. The Hall–Kier alpha value is -1.23. The van der Waals surface area contributed by atoms with Gasteiger partial charge in [0.2, 0.25) is 5.88 Å². The molecule has 1 rings (SSSR count). The molecule has 0 aliphatic carbocycles. The first-order valence-electron chi connectivity index (χ1n) is 5.20. The third-order valence-corrected chi connectivity index (χ3v) is 2.43. The highest BCUT2D eigenvalue weighted by Crippen LogP contribution is 2.20. The molecule has 0 unspecified atom stereocenters. The Balaban J connectivity index is 3.08. The number of hydrogen-bond acceptors (Lipinski definition) is 4. The lowest BCUT2D eigenvalue weighted by molar-refractivity contribution is 0.257. The molecule has 1 heterocycles. The van der Waals surface area contributed by atoms with E-state index in [0.717, 1.165) is 11.3 Å². The zero-order valence-electron chi connectivity index (χ0n) is 10.1. The van der Waals surface area contributed by atoms with Crippen LogP contribution in [-0.2, 0) is 0 Å². The fourth-order valence-electron chi connectivity index (χ4n) is 1.22. The lowest BCUT2D eigenvalue weighted by Crippen LogP contribution is -2.17. The Morgan fingerprint density at radius 3 is 2.50 bits per heavy atom. The molecule has 0 spiro atoms. The maximum atomic E-state index is 5.67. The molecule has 0 saturated carbocycles. The van der Waals surface area contributed by atoms with Crippen LogP contribution < -0.4 is 10.5 Å². The van der Waals surface area contributed by atoms with Gasteiger partial charge in [-0.15, -0.1) is 5.10 Å². The van der Waals surface area contributed by atoms with E-state index < -0.39 is 0 Å². The Morgan fingerprint density at radius 2 is 2.00 bits per heavy atom. The maximum absolute atomic E-state index is 5.67. The largest absolute Gasteiger partial charge is 0.476 e. The first-order chi connectivity index (χ1) is 7.43. The van der Waals surface area contributed by atoms with Gasteiger partial charge in [0.15, 0.2) is 0 Å². The Morgan fingerprint density at radius 1 is 1.38 bits per heavy atom. The van der Waals surface area contributed by atoms with Crippen molar-refractivity contribution >= 4 is 17.2 Å². The first-order valence-corrected chi connectivity index (χ1v) is 5.60. The second-order valence-electron chi connectivity index (χ2n) is 4.16. The predicted molar refractivity (Wildman–Crippen MR) is 67.7 cm³/mol. The minimum absolute atomic E-state index is 0.300. The van der Waals surface area contributed by atoms with Crippen LogP contribution in [0.15, 0.2) is 0 Å². The minimum atomic E-state index is 0.300. The van der Waals surface area contributed by atoms with E-state index in [2.05, 4.69) is 24.0 Å². The summed E-state index contributed by atoms with van der Waals surface area (Å²) in [6, 6.07) is 0. The number of thiocarbonyl (C=S) groups is 1. The van der Waals surface area contributed by atoms with Gasteiger partial charge in [0, 0.05) is 0 Å². The molecule has 16 heavy (non-hydrogen) atoms. The van der Waals surface area contributed by atoms with Crippen molar-refractivity contribution in [3.05, 3.63) is 16.8 Å². The standard InChI is InChI=1S/C11H17N3OS/c1-6(2)5-15-11-9(10(12)16)7(3)8(4)13-14-11/h6H,5H2,1-4H3,(H2,12,16). The quantitative estimate of drug-likeness (QED) is 0.811. The second kappa shape index (κ2) is 5.21. The highest BCUT2D eigenvalue weighted by Gasteiger charge is 2.15. The zero-order chi connectivity index (χ0) is 12.3. The highest BCUT2D eigenvalue weighted by atomic mass is 32.1. The van der Waals surface area contributed by atoms with E-state index in [4.69, 9.17) is 22.7 Å². The lowest BCUT2D eigenvalue weighted by Gasteiger charge is -2.13. The van der Waals surface area contributed by atoms with E-state index in [9.17, 15) is 0 Å². The molecule has 0 radical (unpaired) electrons. The molecular weight excluding hydrogens is 222 g/mol. The van der Waals surface area contributed by atoms with E-state index in [1.54, 1.807) is 0 Å². The average molecular weight is 239 g/mol. The monoisotopic (exact) mass is 239 g/mol. The van der Waals surface area contributed by atoms with E-state index in [-0.39, 0.29) is 0 Å². The summed E-state index contributed by atoms with van der Waals surface area (Å²) in [4.78, 5) is 0.300. The summed E-state index contributed by atoms with van der Waals surface area (Å²) in [7, 11) is 0. The summed E-state index contributed by atoms with van der Waals surface area (Å²) in [6.45, 7) is 8.49. The molecule has 0 saturated heterocycles. The number of aromatic nitrogens is 2. The minimum Gasteiger partial charge on any atom is -0.476 e. The van der Waals surface area contributed by atoms with E-state index in [1.807, 2.05) is 13.8 Å². The lowest BCUT2D eigenvalue weighted by atomic mass is 10.1. The van der Waals surface area contributed by atoms with Gasteiger partial charge < -0.3 is 10.5 Å². The molecule has 0 atom stereocenters. The molecular formula is C11H17N3OS. The van der Waals surface area contributed by atoms with E-state index in [0.29, 0.717) is 29.0 Å². The van der Waals surface area contributed by atoms with Crippen LogP contribution in [0.4, 0.5) is 0 Å². The molecule has 0 aromatic carbocycles. The number of ether oxygens (including phenoxy) is 1. The molecule has 88 valence electrons. The van der Waals surface area contributed by atoms with Crippen molar-refractivity contribution in [2.45, 2.75) is 27.7 Å². The summed E-state index contributed by atoms with van der Waals surface area (Å²) in [6.07, 6.45) is 0. The van der Waals surface area contributed by atoms with Crippen LogP contribution in [0.2, 0.25) is 0 Å². The van der Waals surface area contributed by atoms with Crippen LogP contribution in [0.3, 0.4) is 0 Å². The normalized spacial score (nSPS) is 10.6. The summed E-state index contributed by atoms with van der Waals surface area (Å²) in [5, 5.41) is 8.00. The smallest absolute Gasteiger partial charge is 0.244 e. The Kier molecular flexibility index (Phi) is 4.18. The molecule has 0 fully saturated rings. The van der Waals surface area contributed by atoms with Crippen molar-refractivity contribution in [1.82, 2.24) is 10.2 Å². The van der Waals surface area contributed by atoms with Gasteiger partial charge in [-0.3, -0.25) is 0 Å². The van der Waals surface area contributed by atoms with Crippen LogP contribution in [0.5, 0.6) is 5.88 Å². The average Bonchev–Trinajstić information content (AvgIpc) is 2.19. The molecule has 1 aromatic heterocycles. The molecule has 4 nitrogen and oxygen atoms in total. The van der Waals surface area contributed by atoms with Crippen molar-refractivity contribution < 1.29 is 4.74 Å². The van der Waals surface area contributed by atoms with Crippen molar-refractivity contribution in [3.8, 4) is 5.88 Å². The zero-order valence-corrected chi connectivity index (χ0v) is 10.9. The van der Waals surface area contributed by atoms with Crippen LogP contribution in [0.1, 0.15) is 30.7 Å². The molecule has 0 aliphatic rings. The fourth-order valence-corrected chi connectivity index (χ4v) is 1.46. The van der Waals surface area contributed by atoms with Gasteiger partial charge in [-0.2, -0.15) is 5.10 Å². The summed E-state index contributed by atoms with van der Waals surface area (Å²) >= 11 is 5.01. The Bertz CT molecular complexity index is 404. The van der Waals surface area contributed by atoms with Gasteiger partial charge in [0.25, 0.3) is 0 Å². The van der Waals surface area contributed by atoms with Crippen molar-refractivity contribution in [1.29, 1.82) is 0 Å². The molecule has 5 heteroatoms. The Labute approximate surface area is 101 Å². The van der Waals surface area contributed by atoms with Crippen molar-refractivity contribution in [2.75, 3.05) is 6.61 Å². The first kappa shape index (κ1) is 12.8. The molecule has 0 amide bonds. The summed E-state index contributed by atoms with van der Waals surface area (Å²) in [5.41, 5.74) is 8.12. The van der Waals surface area contributed by atoms with Gasteiger partial charge in [-0.05, 0) is 25.3 Å². The number of hydrogen-bond donors (Lipinski definition) is 1. The van der Waals surface area contributed by atoms with Gasteiger partial charge in [-0.1, -0.05) is 26.1 Å². The van der Waals surface area contributed by atoms with Crippen LogP contribution >= 0.6 is 12.2 Å².